The molecule has 0 saturated heterocycles. The van der Waals surface area contributed by atoms with Crippen LogP contribution in [0.2, 0.25) is 0 Å². The molecule has 0 atom stereocenters. The highest BCUT2D eigenvalue weighted by Crippen LogP contribution is 2.28. The van der Waals surface area contributed by atoms with Gasteiger partial charge in [-0.05, 0) is 0 Å². The molecule has 0 spiro atoms. The predicted octanol–water partition coefficient (Wildman–Crippen LogP) is 1.55. The Morgan fingerprint density at radius 2 is 2.38 bits per heavy atom. The van der Waals surface area contributed by atoms with Crippen LogP contribution >= 0.6 is 11.3 Å². The molecule has 0 aromatic carbocycles. The highest BCUT2D eigenvalue weighted by molar-refractivity contribution is 7.13. The van der Waals surface area contributed by atoms with Crippen LogP contribution in [0.25, 0.3) is 10.7 Å². The lowest BCUT2D eigenvalue weighted by Gasteiger charge is -1.94. The van der Waals surface area contributed by atoms with Crippen molar-refractivity contribution in [3.8, 4) is 16.5 Å². The molecule has 0 fully saturated rings. The Kier molecular flexibility index (Phi) is 2.02. The van der Waals surface area contributed by atoms with Gasteiger partial charge in [-0.15, -0.1) is 11.3 Å². The number of nitrogens with zero attached hydrogens (tertiary/aromatic N) is 3. The lowest BCUT2D eigenvalue weighted by atomic mass is 10.4. The zero-order chi connectivity index (χ0) is 9.26. The van der Waals surface area contributed by atoms with Crippen LogP contribution in [0.15, 0.2) is 17.8 Å². The summed E-state index contributed by atoms with van der Waals surface area (Å²) in [6.07, 6.45) is 1.54. The summed E-state index contributed by atoms with van der Waals surface area (Å²) < 4.78 is 6.83. The maximum Gasteiger partial charge on any atom is 0.168 e. The van der Waals surface area contributed by atoms with Crippen molar-refractivity contribution in [2.45, 2.75) is 0 Å². The molecule has 2 heterocycles. The van der Waals surface area contributed by atoms with Gasteiger partial charge >= 0.3 is 0 Å². The van der Waals surface area contributed by atoms with Crippen molar-refractivity contribution in [2.75, 3.05) is 7.11 Å². The number of aryl methyl sites for hydroxylation is 1. The van der Waals surface area contributed by atoms with E-state index in [1.54, 1.807) is 29.5 Å². The second-order valence-electron chi connectivity index (χ2n) is 2.56. The Hall–Kier alpha value is -1.36. The lowest BCUT2D eigenvalue weighted by molar-refractivity contribution is 0.417. The first kappa shape index (κ1) is 8.25. The SMILES string of the molecule is COc1csc(-c2ncnn2C)c1. The quantitative estimate of drug-likeness (QED) is 0.730. The normalized spacial score (nSPS) is 10.3. The minimum Gasteiger partial charge on any atom is -0.496 e. The van der Waals surface area contributed by atoms with E-state index in [2.05, 4.69) is 10.1 Å². The Morgan fingerprint density at radius 1 is 1.54 bits per heavy atom. The van der Waals surface area contributed by atoms with Crippen molar-refractivity contribution in [1.29, 1.82) is 0 Å². The number of aromatic nitrogens is 3. The molecule has 0 amide bonds. The lowest BCUT2D eigenvalue weighted by Crippen LogP contribution is -1.92. The van der Waals surface area contributed by atoms with Crippen LogP contribution in [0.5, 0.6) is 5.75 Å². The van der Waals surface area contributed by atoms with Crippen molar-refractivity contribution in [2.24, 2.45) is 7.05 Å². The van der Waals surface area contributed by atoms with Gasteiger partial charge in [0, 0.05) is 18.5 Å². The summed E-state index contributed by atoms with van der Waals surface area (Å²) in [5, 5.41) is 5.95. The molecule has 2 aromatic heterocycles. The van der Waals surface area contributed by atoms with Gasteiger partial charge in [0.15, 0.2) is 5.82 Å². The second kappa shape index (κ2) is 3.18. The zero-order valence-electron chi connectivity index (χ0n) is 7.39. The van der Waals surface area contributed by atoms with Gasteiger partial charge in [0.05, 0.1) is 12.0 Å². The summed E-state index contributed by atoms with van der Waals surface area (Å²) in [5.74, 6) is 1.73. The number of hydrogen-bond donors (Lipinski definition) is 0. The molecule has 0 saturated carbocycles. The summed E-state index contributed by atoms with van der Waals surface area (Å²) >= 11 is 1.60. The first-order chi connectivity index (χ1) is 6.31. The van der Waals surface area contributed by atoms with E-state index < -0.39 is 0 Å². The van der Waals surface area contributed by atoms with Crippen LogP contribution in [0.1, 0.15) is 0 Å². The summed E-state index contributed by atoms with van der Waals surface area (Å²) in [6, 6.07) is 1.95. The topological polar surface area (TPSA) is 39.9 Å². The van der Waals surface area contributed by atoms with Gasteiger partial charge in [-0.3, -0.25) is 0 Å². The average Bonchev–Trinajstić information content (AvgIpc) is 2.71. The average molecular weight is 195 g/mol. The van der Waals surface area contributed by atoms with E-state index in [0.29, 0.717) is 0 Å². The van der Waals surface area contributed by atoms with Crippen LogP contribution in [-0.2, 0) is 7.05 Å². The summed E-state index contributed by atoms with van der Waals surface area (Å²) in [6.45, 7) is 0. The molecule has 0 aliphatic carbocycles. The molecule has 0 aliphatic rings. The molecule has 13 heavy (non-hydrogen) atoms. The number of hydrogen-bond acceptors (Lipinski definition) is 4. The van der Waals surface area contributed by atoms with E-state index in [-0.39, 0.29) is 0 Å². The highest BCUT2D eigenvalue weighted by atomic mass is 32.1. The fraction of sp³-hybridized carbons (Fsp3) is 0.250. The van der Waals surface area contributed by atoms with E-state index in [1.807, 2.05) is 18.5 Å². The molecule has 0 N–H and O–H groups in total. The molecule has 0 radical (unpaired) electrons. The zero-order valence-corrected chi connectivity index (χ0v) is 8.21. The molecular weight excluding hydrogens is 186 g/mol. The van der Waals surface area contributed by atoms with E-state index in [9.17, 15) is 0 Å². The maximum atomic E-state index is 5.09. The standard InChI is InChI=1S/C8H9N3OS/c1-11-8(9-5-10-11)7-3-6(12-2)4-13-7/h3-5H,1-2H3. The molecule has 2 rings (SSSR count). The summed E-state index contributed by atoms with van der Waals surface area (Å²) in [5.41, 5.74) is 0. The van der Waals surface area contributed by atoms with Crippen molar-refractivity contribution < 1.29 is 4.74 Å². The van der Waals surface area contributed by atoms with Crippen LogP contribution in [0.4, 0.5) is 0 Å². The second-order valence-corrected chi connectivity index (χ2v) is 3.47. The number of rotatable bonds is 2. The molecule has 0 bridgehead atoms. The van der Waals surface area contributed by atoms with Gasteiger partial charge < -0.3 is 4.74 Å². The van der Waals surface area contributed by atoms with E-state index in [1.165, 1.54) is 0 Å². The van der Waals surface area contributed by atoms with Crippen LogP contribution < -0.4 is 4.74 Å². The predicted molar refractivity (Wildman–Crippen MR) is 50.9 cm³/mol. The number of ether oxygens (including phenoxy) is 1. The fourth-order valence-corrected chi connectivity index (χ4v) is 1.94. The minimum atomic E-state index is 0.864. The Balaban J connectivity index is 2.41. The third-order valence-electron chi connectivity index (χ3n) is 1.74. The van der Waals surface area contributed by atoms with Crippen LogP contribution in [0.3, 0.4) is 0 Å². The first-order valence-corrected chi connectivity index (χ1v) is 4.66. The van der Waals surface area contributed by atoms with Gasteiger partial charge in [-0.1, -0.05) is 0 Å². The first-order valence-electron chi connectivity index (χ1n) is 3.78. The van der Waals surface area contributed by atoms with E-state index >= 15 is 0 Å². The molecule has 2 aromatic rings. The van der Waals surface area contributed by atoms with Crippen molar-refractivity contribution >= 4 is 11.3 Å². The molecule has 68 valence electrons. The maximum absolute atomic E-state index is 5.09. The van der Waals surface area contributed by atoms with Crippen LogP contribution in [0, 0.1) is 0 Å². The molecule has 4 nitrogen and oxygen atoms in total. The third kappa shape index (κ3) is 1.42. The van der Waals surface area contributed by atoms with Crippen LogP contribution in [-0.4, -0.2) is 21.9 Å². The van der Waals surface area contributed by atoms with E-state index in [0.717, 1.165) is 16.5 Å². The van der Waals surface area contributed by atoms with Crippen molar-refractivity contribution in [1.82, 2.24) is 14.8 Å². The molecule has 5 heteroatoms. The summed E-state index contributed by atoms with van der Waals surface area (Å²) in [7, 11) is 3.52. The smallest absolute Gasteiger partial charge is 0.168 e. The van der Waals surface area contributed by atoms with Gasteiger partial charge in [0.1, 0.15) is 12.1 Å². The highest BCUT2D eigenvalue weighted by Gasteiger charge is 2.07. The molecule has 0 aliphatic heterocycles. The van der Waals surface area contributed by atoms with Gasteiger partial charge in [-0.25, -0.2) is 9.67 Å². The van der Waals surface area contributed by atoms with Crippen molar-refractivity contribution in [3.05, 3.63) is 17.8 Å². The Bertz CT molecular complexity index is 407. The van der Waals surface area contributed by atoms with Gasteiger partial charge in [-0.2, -0.15) is 5.10 Å². The number of thiophene rings is 1. The molecular formula is C8H9N3OS. The summed E-state index contributed by atoms with van der Waals surface area (Å²) in [4.78, 5) is 5.21. The molecule has 0 unspecified atom stereocenters. The Morgan fingerprint density at radius 3 is 2.92 bits per heavy atom. The monoisotopic (exact) mass is 195 g/mol. The van der Waals surface area contributed by atoms with E-state index in [4.69, 9.17) is 4.74 Å². The van der Waals surface area contributed by atoms with Crippen molar-refractivity contribution in [3.63, 3.8) is 0 Å². The van der Waals surface area contributed by atoms with Gasteiger partial charge in [0.2, 0.25) is 0 Å². The third-order valence-corrected chi connectivity index (χ3v) is 2.65. The fourth-order valence-electron chi connectivity index (χ4n) is 1.06. The number of methoxy groups -OCH3 is 1. The van der Waals surface area contributed by atoms with Gasteiger partial charge in [0.25, 0.3) is 0 Å². The largest absolute Gasteiger partial charge is 0.496 e. The minimum absolute atomic E-state index is 0.864. The Labute approximate surface area is 79.8 Å².